The molecular formula is C12H20INO. The Kier molecular flexibility index (Phi) is 5.09. The summed E-state index contributed by atoms with van der Waals surface area (Å²) < 4.78 is 1.10. The van der Waals surface area contributed by atoms with E-state index in [0.29, 0.717) is 11.8 Å². The highest BCUT2D eigenvalue weighted by Crippen LogP contribution is 2.28. The van der Waals surface area contributed by atoms with E-state index in [2.05, 4.69) is 61.5 Å². The van der Waals surface area contributed by atoms with Gasteiger partial charge >= 0.3 is 0 Å². The first-order chi connectivity index (χ1) is 7.11. The normalized spacial score (nSPS) is 28.6. The lowest BCUT2D eigenvalue weighted by Crippen LogP contribution is -2.26. The highest BCUT2D eigenvalue weighted by atomic mass is 127. The van der Waals surface area contributed by atoms with Crippen LogP contribution in [0, 0.1) is 11.8 Å². The Balaban J connectivity index is 2.68. The number of oxime groups is 1. The predicted octanol–water partition coefficient (Wildman–Crippen LogP) is 3.80. The lowest BCUT2D eigenvalue weighted by molar-refractivity contribution is 0.0921. The molecule has 0 spiro atoms. The van der Waals surface area contributed by atoms with Crippen LogP contribution >= 0.6 is 22.6 Å². The highest BCUT2D eigenvalue weighted by molar-refractivity contribution is 14.1. The molecular weight excluding hydrogens is 301 g/mol. The van der Waals surface area contributed by atoms with Crippen LogP contribution in [-0.2, 0) is 4.84 Å². The maximum absolute atomic E-state index is 5.53. The molecule has 0 bridgehead atoms. The molecule has 0 amide bonds. The fraction of sp³-hybridized carbons (Fsp3) is 0.750. The van der Waals surface area contributed by atoms with Crippen LogP contribution in [0.4, 0.5) is 0 Å². The maximum atomic E-state index is 5.53. The molecule has 15 heavy (non-hydrogen) atoms. The quantitative estimate of drug-likeness (QED) is 0.438. The van der Waals surface area contributed by atoms with E-state index in [1.165, 1.54) is 11.3 Å². The van der Waals surface area contributed by atoms with Gasteiger partial charge in [0.05, 0.1) is 5.71 Å². The van der Waals surface area contributed by atoms with E-state index in [9.17, 15) is 0 Å². The zero-order valence-corrected chi connectivity index (χ0v) is 12.1. The molecule has 2 nitrogen and oxygen atoms in total. The molecule has 0 N–H and O–H groups in total. The van der Waals surface area contributed by atoms with Crippen LogP contribution in [-0.4, -0.2) is 16.2 Å². The molecule has 1 heterocycles. The summed E-state index contributed by atoms with van der Waals surface area (Å²) in [6.07, 6.45) is 3.47. The maximum Gasteiger partial charge on any atom is 0.156 e. The van der Waals surface area contributed by atoms with Gasteiger partial charge < -0.3 is 4.84 Å². The van der Waals surface area contributed by atoms with Crippen molar-refractivity contribution < 1.29 is 4.84 Å². The lowest BCUT2D eigenvalue weighted by Gasteiger charge is -2.17. The molecule has 0 aromatic rings. The number of nitrogens with zero attached hydrogens (tertiary/aromatic N) is 1. The molecule has 1 rings (SSSR count). The summed E-state index contributed by atoms with van der Waals surface area (Å²) in [5.41, 5.74) is 2.53. The van der Waals surface area contributed by atoms with E-state index in [4.69, 9.17) is 4.84 Å². The first kappa shape index (κ1) is 13.0. The zero-order valence-electron chi connectivity index (χ0n) is 9.96. The monoisotopic (exact) mass is 321 g/mol. The topological polar surface area (TPSA) is 21.6 Å². The fourth-order valence-electron chi connectivity index (χ4n) is 1.98. The van der Waals surface area contributed by atoms with Crippen LogP contribution in [0.5, 0.6) is 0 Å². The van der Waals surface area contributed by atoms with E-state index in [-0.39, 0.29) is 6.10 Å². The van der Waals surface area contributed by atoms with Crippen LogP contribution in [0.1, 0.15) is 34.1 Å². The Morgan fingerprint density at radius 3 is 2.87 bits per heavy atom. The van der Waals surface area contributed by atoms with Crippen molar-refractivity contribution in [1.29, 1.82) is 0 Å². The second-order valence-electron chi connectivity index (χ2n) is 4.24. The summed E-state index contributed by atoms with van der Waals surface area (Å²) >= 11 is 2.40. The van der Waals surface area contributed by atoms with E-state index in [1.54, 1.807) is 0 Å². The Morgan fingerprint density at radius 1 is 1.67 bits per heavy atom. The van der Waals surface area contributed by atoms with Crippen LogP contribution in [0.3, 0.4) is 0 Å². The van der Waals surface area contributed by atoms with E-state index in [1.807, 2.05) is 0 Å². The van der Waals surface area contributed by atoms with Gasteiger partial charge in [-0.1, -0.05) is 54.6 Å². The molecule has 0 saturated heterocycles. The van der Waals surface area contributed by atoms with Crippen LogP contribution in [0.2, 0.25) is 0 Å². The van der Waals surface area contributed by atoms with E-state index in [0.717, 1.165) is 10.8 Å². The number of halogens is 1. The Labute approximate surface area is 106 Å². The summed E-state index contributed by atoms with van der Waals surface area (Å²) in [6, 6.07) is 0. The SMILES string of the molecule is CC/C=C(/C)[C@H]1ON=C([C@@H](C)CI)[C@H]1C. The lowest BCUT2D eigenvalue weighted by atomic mass is 9.89. The van der Waals surface area contributed by atoms with Crippen molar-refractivity contribution in [2.45, 2.75) is 40.2 Å². The molecule has 0 radical (unpaired) electrons. The first-order valence-electron chi connectivity index (χ1n) is 5.58. The largest absolute Gasteiger partial charge is 0.387 e. The molecule has 86 valence electrons. The van der Waals surface area contributed by atoms with Gasteiger partial charge in [0.15, 0.2) is 6.10 Å². The molecule has 0 unspecified atom stereocenters. The van der Waals surface area contributed by atoms with Crippen LogP contribution in [0.25, 0.3) is 0 Å². The van der Waals surface area contributed by atoms with Gasteiger partial charge in [-0.05, 0) is 18.9 Å². The first-order valence-corrected chi connectivity index (χ1v) is 7.10. The van der Waals surface area contributed by atoms with Crippen molar-refractivity contribution in [3.05, 3.63) is 11.6 Å². The summed E-state index contributed by atoms with van der Waals surface area (Å²) in [4.78, 5) is 5.53. The smallest absolute Gasteiger partial charge is 0.156 e. The molecule has 3 atom stereocenters. The molecule has 0 aromatic carbocycles. The molecule has 0 saturated carbocycles. The van der Waals surface area contributed by atoms with Gasteiger partial charge in [0.25, 0.3) is 0 Å². The Morgan fingerprint density at radius 2 is 2.33 bits per heavy atom. The van der Waals surface area contributed by atoms with Crippen molar-refractivity contribution in [3.63, 3.8) is 0 Å². The number of hydrogen-bond donors (Lipinski definition) is 0. The summed E-state index contributed by atoms with van der Waals surface area (Å²) in [7, 11) is 0. The fourth-order valence-corrected chi connectivity index (χ4v) is 2.43. The third kappa shape index (κ3) is 2.95. The predicted molar refractivity (Wildman–Crippen MR) is 73.6 cm³/mol. The standard InChI is InChI=1S/C12H20INO/c1-5-6-8(2)12-10(4)11(14-15-12)9(3)7-13/h6,9-10,12H,5,7H2,1-4H3/b8-6-/t9-,10+,12+/m0/s1. The zero-order chi connectivity index (χ0) is 11.4. The second kappa shape index (κ2) is 5.87. The summed E-state index contributed by atoms with van der Waals surface area (Å²) in [5, 5.41) is 4.24. The minimum atomic E-state index is 0.172. The van der Waals surface area contributed by atoms with E-state index >= 15 is 0 Å². The summed E-state index contributed by atoms with van der Waals surface area (Å²) in [5.74, 6) is 0.956. The van der Waals surface area contributed by atoms with Crippen molar-refractivity contribution in [2.24, 2.45) is 17.0 Å². The molecule has 1 aliphatic rings. The van der Waals surface area contributed by atoms with Crippen molar-refractivity contribution >= 4 is 28.3 Å². The number of rotatable bonds is 4. The average Bonchev–Trinajstić information content (AvgIpc) is 2.59. The molecule has 0 aliphatic carbocycles. The van der Waals surface area contributed by atoms with Crippen molar-refractivity contribution in [3.8, 4) is 0 Å². The van der Waals surface area contributed by atoms with Crippen LogP contribution in [0.15, 0.2) is 16.8 Å². The third-order valence-electron chi connectivity index (χ3n) is 2.90. The van der Waals surface area contributed by atoms with Gasteiger partial charge in [0.1, 0.15) is 0 Å². The average molecular weight is 321 g/mol. The molecule has 0 aromatic heterocycles. The van der Waals surface area contributed by atoms with Gasteiger partial charge in [0, 0.05) is 16.3 Å². The number of hydrogen-bond acceptors (Lipinski definition) is 2. The van der Waals surface area contributed by atoms with Gasteiger partial charge in [-0.25, -0.2) is 0 Å². The third-order valence-corrected chi connectivity index (χ3v) is 4.22. The van der Waals surface area contributed by atoms with Gasteiger partial charge in [-0.2, -0.15) is 0 Å². The molecule has 1 aliphatic heterocycles. The minimum absolute atomic E-state index is 0.172. The highest BCUT2D eigenvalue weighted by Gasteiger charge is 2.33. The van der Waals surface area contributed by atoms with E-state index < -0.39 is 0 Å². The van der Waals surface area contributed by atoms with Gasteiger partial charge in [-0.3, -0.25) is 0 Å². The Bertz CT molecular complexity index is 273. The van der Waals surface area contributed by atoms with Gasteiger partial charge in [0.2, 0.25) is 0 Å². The number of allylic oxidation sites excluding steroid dienone is 1. The second-order valence-corrected chi connectivity index (χ2v) is 5.12. The Hall–Kier alpha value is -0.0600. The minimum Gasteiger partial charge on any atom is -0.387 e. The van der Waals surface area contributed by atoms with Crippen molar-refractivity contribution in [1.82, 2.24) is 0 Å². The van der Waals surface area contributed by atoms with Crippen LogP contribution < -0.4 is 0 Å². The molecule has 0 fully saturated rings. The van der Waals surface area contributed by atoms with Gasteiger partial charge in [-0.15, -0.1) is 0 Å². The van der Waals surface area contributed by atoms with Crippen molar-refractivity contribution in [2.75, 3.05) is 4.43 Å². The summed E-state index contributed by atoms with van der Waals surface area (Å²) in [6.45, 7) is 8.72. The number of alkyl halides is 1. The molecule has 3 heteroatoms.